The third kappa shape index (κ3) is 4.35. The first-order valence-electron chi connectivity index (χ1n) is 8.77. The Morgan fingerprint density at radius 3 is 2.64 bits per heavy atom. The highest BCUT2D eigenvalue weighted by Gasteiger charge is 2.45. The predicted octanol–water partition coefficient (Wildman–Crippen LogP) is 5.11. The largest absolute Gasteiger partial charge is 0.491 e. The van der Waals surface area contributed by atoms with Crippen LogP contribution in [0.15, 0.2) is 48.5 Å². The Morgan fingerprint density at radius 2 is 1.92 bits per heavy atom. The Labute approximate surface area is 154 Å². The van der Waals surface area contributed by atoms with Gasteiger partial charge in [0.05, 0.1) is 12.1 Å². The summed E-state index contributed by atoms with van der Waals surface area (Å²) in [5.74, 6) is 1.16. The van der Waals surface area contributed by atoms with Gasteiger partial charge in [-0.25, -0.2) is 0 Å². The predicted molar refractivity (Wildman–Crippen MR) is 101 cm³/mol. The molecule has 1 N–H and O–H groups in total. The van der Waals surface area contributed by atoms with Crippen LogP contribution in [0.25, 0.3) is 0 Å². The quantitative estimate of drug-likeness (QED) is 0.780. The number of hydrogen-bond donors (Lipinski definition) is 1. The maximum Gasteiger partial charge on any atom is 0.224 e. The summed E-state index contributed by atoms with van der Waals surface area (Å²) < 4.78 is 5.73. The summed E-state index contributed by atoms with van der Waals surface area (Å²) in [4.78, 5) is 12.6. The first kappa shape index (κ1) is 17.8. The third-order valence-electron chi connectivity index (χ3n) is 4.52. The average molecular weight is 358 g/mol. The smallest absolute Gasteiger partial charge is 0.224 e. The molecule has 3 unspecified atom stereocenters. The van der Waals surface area contributed by atoms with E-state index in [0.717, 1.165) is 28.3 Å². The fourth-order valence-corrected chi connectivity index (χ4v) is 3.41. The highest BCUT2D eigenvalue weighted by Crippen LogP contribution is 2.49. The molecule has 0 aromatic heterocycles. The van der Waals surface area contributed by atoms with E-state index >= 15 is 0 Å². The molecular weight excluding hydrogens is 334 g/mol. The summed E-state index contributed by atoms with van der Waals surface area (Å²) in [5, 5.41) is 3.87. The van der Waals surface area contributed by atoms with Crippen LogP contribution in [0.3, 0.4) is 0 Å². The number of amides is 1. The molecule has 0 heterocycles. The van der Waals surface area contributed by atoms with E-state index in [2.05, 4.69) is 5.32 Å². The molecule has 0 spiro atoms. The molecule has 1 amide bonds. The minimum atomic E-state index is -0.0595. The molecule has 2 aromatic rings. The zero-order valence-electron chi connectivity index (χ0n) is 14.8. The molecule has 4 heteroatoms. The van der Waals surface area contributed by atoms with Gasteiger partial charge in [-0.05, 0) is 62.4 Å². The lowest BCUT2D eigenvalue weighted by atomic mass is 10.1. The van der Waals surface area contributed by atoms with E-state index in [9.17, 15) is 4.79 Å². The van der Waals surface area contributed by atoms with Crippen molar-refractivity contribution in [3.8, 4) is 5.75 Å². The number of ether oxygens (including phenoxy) is 1. The number of carbonyl (C=O) groups is 1. The van der Waals surface area contributed by atoms with E-state index in [0.29, 0.717) is 0 Å². The van der Waals surface area contributed by atoms with E-state index in [1.165, 1.54) is 0 Å². The lowest BCUT2D eigenvalue weighted by molar-refractivity contribution is -0.123. The standard InChI is InChI=1S/C21H24ClNO2/c1-13(2)25-16-8-6-7-15(11-16)14(3)23-21(24)19-12-18(19)17-9-4-5-10-20(17)22/h4-11,13-14,18-19H,12H2,1-3H3,(H,23,24). The van der Waals surface area contributed by atoms with Gasteiger partial charge in [0.1, 0.15) is 5.75 Å². The van der Waals surface area contributed by atoms with Crippen LogP contribution in [0.5, 0.6) is 5.75 Å². The zero-order valence-corrected chi connectivity index (χ0v) is 15.6. The molecule has 0 radical (unpaired) electrons. The number of benzene rings is 2. The van der Waals surface area contributed by atoms with Crippen molar-refractivity contribution in [2.75, 3.05) is 0 Å². The van der Waals surface area contributed by atoms with Crippen molar-refractivity contribution < 1.29 is 9.53 Å². The second kappa shape index (κ2) is 7.49. The van der Waals surface area contributed by atoms with Crippen molar-refractivity contribution in [3.63, 3.8) is 0 Å². The van der Waals surface area contributed by atoms with E-state index in [4.69, 9.17) is 16.3 Å². The molecule has 0 bridgehead atoms. The third-order valence-corrected chi connectivity index (χ3v) is 4.86. The average Bonchev–Trinajstić information content (AvgIpc) is 3.35. The normalized spacial score (nSPS) is 20.2. The number of halogens is 1. The maximum atomic E-state index is 12.6. The zero-order chi connectivity index (χ0) is 18.0. The number of carbonyl (C=O) groups excluding carboxylic acids is 1. The van der Waals surface area contributed by atoms with Crippen LogP contribution >= 0.6 is 11.6 Å². The minimum Gasteiger partial charge on any atom is -0.491 e. The molecule has 3 nitrogen and oxygen atoms in total. The molecular formula is C21H24ClNO2. The Morgan fingerprint density at radius 1 is 1.16 bits per heavy atom. The number of nitrogens with one attached hydrogen (secondary N) is 1. The first-order chi connectivity index (χ1) is 12.0. The summed E-state index contributed by atoms with van der Waals surface area (Å²) >= 11 is 6.24. The van der Waals surface area contributed by atoms with E-state index in [-0.39, 0.29) is 29.9 Å². The number of rotatable bonds is 6. The Kier molecular flexibility index (Phi) is 5.33. The van der Waals surface area contributed by atoms with Crippen molar-refractivity contribution in [2.24, 2.45) is 5.92 Å². The highest BCUT2D eigenvalue weighted by atomic mass is 35.5. The Hall–Kier alpha value is -2.00. The minimum absolute atomic E-state index is 0.0115. The van der Waals surface area contributed by atoms with Gasteiger partial charge in [0, 0.05) is 10.9 Å². The van der Waals surface area contributed by atoms with Crippen LogP contribution < -0.4 is 10.1 Å². The fourth-order valence-electron chi connectivity index (χ4n) is 3.14. The topological polar surface area (TPSA) is 38.3 Å². The van der Waals surface area contributed by atoms with Gasteiger partial charge in [-0.2, -0.15) is 0 Å². The molecule has 3 atom stereocenters. The lowest BCUT2D eigenvalue weighted by Crippen LogP contribution is -2.28. The fraction of sp³-hybridized carbons (Fsp3) is 0.381. The molecule has 1 saturated carbocycles. The summed E-state index contributed by atoms with van der Waals surface area (Å²) in [7, 11) is 0. The highest BCUT2D eigenvalue weighted by molar-refractivity contribution is 6.31. The van der Waals surface area contributed by atoms with Gasteiger partial charge in [-0.1, -0.05) is 41.9 Å². The number of hydrogen-bond acceptors (Lipinski definition) is 2. The van der Waals surface area contributed by atoms with Gasteiger partial charge in [-0.15, -0.1) is 0 Å². The molecule has 0 aliphatic heterocycles. The molecule has 132 valence electrons. The Balaban J connectivity index is 1.61. The summed E-state index contributed by atoms with van der Waals surface area (Å²) in [6, 6.07) is 15.6. The van der Waals surface area contributed by atoms with Crippen LogP contribution in [-0.2, 0) is 4.79 Å². The molecule has 0 saturated heterocycles. The molecule has 1 fully saturated rings. The lowest BCUT2D eigenvalue weighted by Gasteiger charge is -2.17. The molecule has 2 aromatic carbocycles. The molecule has 1 aliphatic rings. The second-order valence-electron chi connectivity index (χ2n) is 6.94. The van der Waals surface area contributed by atoms with E-state index in [1.54, 1.807) is 0 Å². The molecule has 1 aliphatic carbocycles. The van der Waals surface area contributed by atoms with Crippen molar-refractivity contribution in [3.05, 3.63) is 64.7 Å². The Bertz CT molecular complexity index is 759. The van der Waals surface area contributed by atoms with Crippen molar-refractivity contribution >= 4 is 17.5 Å². The van der Waals surface area contributed by atoms with E-state index < -0.39 is 0 Å². The van der Waals surface area contributed by atoms with Crippen molar-refractivity contribution in [1.29, 1.82) is 0 Å². The SMILES string of the molecule is CC(C)Oc1cccc(C(C)NC(=O)C2CC2c2ccccc2Cl)c1. The molecule has 25 heavy (non-hydrogen) atoms. The monoisotopic (exact) mass is 357 g/mol. The van der Waals surface area contributed by atoms with Gasteiger partial charge in [0.2, 0.25) is 5.91 Å². The van der Waals surface area contributed by atoms with Crippen molar-refractivity contribution in [2.45, 2.75) is 45.3 Å². The van der Waals surface area contributed by atoms with Gasteiger partial charge < -0.3 is 10.1 Å². The van der Waals surface area contributed by atoms with Gasteiger partial charge >= 0.3 is 0 Å². The summed E-state index contributed by atoms with van der Waals surface area (Å²) in [6.07, 6.45) is 0.988. The first-order valence-corrected chi connectivity index (χ1v) is 9.15. The van der Waals surface area contributed by atoms with Gasteiger partial charge in [-0.3, -0.25) is 4.79 Å². The second-order valence-corrected chi connectivity index (χ2v) is 7.35. The van der Waals surface area contributed by atoms with Gasteiger partial charge in [0.25, 0.3) is 0 Å². The van der Waals surface area contributed by atoms with Crippen LogP contribution in [-0.4, -0.2) is 12.0 Å². The molecule has 3 rings (SSSR count). The summed E-state index contributed by atoms with van der Waals surface area (Å²) in [6.45, 7) is 6.00. The van der Waals surface area contributed by atoms with Crippen molar-refractivity contribution in [1.82, 2.24) is 5.32 Å². The summed E-state index contributed by atoms with van der Waals surface area (Å²) in [5.41, 5.74) is 2.12. The van der Waals surface area contributed by atoms with E-state index in [1.807, 2.05) is 69.3 Å². The van der Waals surface area contributed by atoms with Crippen LogP contribution in [0.2, 0.25) is 5.02 Å². The van der Waals surface area contributed by atoms with Crippen LogP contribution in [0.4, 0.5) is 0 Å². The van der Waals surface area contributed by atoms with Gasteiger partial charge in [0.15, 0.2) is 0 Å². The van der Waals surface area contributed by atoms with Crippen LogP contribution in [0, 0.1) is 5.92 Å². The van der Waals surface area contributed by atoms with Crippen LogP contribution in [0.1, 0.15) is 50.3 Å². The maximum absolute atomic E-state index is 12.6.